The van der Waals surface area contributed by atoms with Crippen LogP contribution in [-0.4, -0.2) is 23.9 Å². The molecule has 2 N–H and O–H groups in total. The smallest absolute Gasteiger partial charge is 0.229 e. The van der Waals surface area contributed by atoms with Crippen LogP contribution in [0.5, 0.6) is 0 Å². The molecule has 1 aliphatic carbocycles. The van der Waals surface area contributed by atoms with Gasteiger partial charge in [-0.1, -0.05) is 40.2 Å². The highest BCUT2D eigenvalue weighted by atomic mass is 79.9. The highest BCUT2D eigenvalue weighted by Crippen LogP contribution is 2.20. The number of nitrogens with zero attached hydrogens (tertiary/aromatic N) is 1. The van der Waals surface area contributed by atoms with Crippen molar-refractivity contribution in [2.45, 2.75) is 19.0 Å². The summed E-state index contributed by atoms with van der Waals surface area (Å²) in [6.45, 7) is 0.631. The summed E-state index contributed by atoms with van der Waals surface area (Å²) in [7, 11) is 1.84. The molecule has 2 atom stereocenters. The first kappa shape index (κ1) is 13.3. The number of nitrogens with two attached hydrogens (primary N) is 1. The lowest BCUT2D eigenvalue weighted by Crippen LogP contribution is -2.32. The van der Waals surface area contributed by atoms with Crippen LogP contribution >= 0.6 is 15.9 Å². The summed E-state index contributed by atoms with van der Waals surface area (Å²) < 4.78 is 1.05. The molecular formula is C14H17BrN2O. The van der Waals surface area contributed by atoms with Crippen molar-refractivity contribution >= 4 is 21.8 Å². The van der Waals surface area contributed by atoms with E-state index in [-0.39, 0.29) is 17.9 Å². The molecule has 0 fully saturated rings. The van der Waals surface area contributed by atoms with Crippen molar-refractivity contribution in [3.8, 4) is 0 Å². The van der Waals surface area contributed by atoms with Crippen molar-refractivity contribution in [2.75, 3.05) is 7.05 Å². The SMILES string of the molecule is CN(Cc1ccc(Br)cc1)C(=O)C1C=CC(N)C1. The van der Waals surface area contributed by atoms with Crippen molar-refractivity contribution in [1.29, 1.82) is 0 Å². The van der Waals surface area contributed by atoms with E-state index in [1.54, 1.807) is 4.90 Å². The molecule has 0 radical (unpaired) electrons. The second-order valence-electron chi connectivity index (χ2n) is 4.71. The fourth-order valence-electron chi connectivity index (χ4n) is 2.13. The Hall–Kier alpha value is -1.13. The van der Waals surface area contributed by atoms with Gasteiger partial charge in [0.15, 0.2) is 0 Å². The molecule has 2 rings (SSSR count). The molecule has 0 spiro atoms. The van der Waals surface area contributed by atoms with Crippen LogP contribution in [0.25, 0.3) is 0 Å². The monoisotopic (exact) mass is 308 g/mol. The van der Waals surface area contributed by atoms with Crippen LogP contribution in [-0.2, 0) is 11.3 Å². The Morgan fingerprint density at radius 2 is 2.06 bits per heavy atom. The van der Waals surface area contributed by atoms with E-state index in [9.17, 15) is 4.79 Å². The van der Waals surface area contributed by atoms with E-state index in [1.807, 2.05) is 43.5 Å². The number of rotatable bonds is 3. The molecule has 3 nitrogen and oxygen atoms in total. The zero-order valence-corrected chi connectivity index (χ0v) is 11.9. The first-order valence-electron chi connectivity index (χ1n) is 5.99. The van der Waals surface area contributed by atoms with Crippen LogP contribution in [0.1, 0.15) is 12.0 Å². The van der Waals surface area contributed by atoms with E-state index in [0.29, 0.717) is 6.54 Å². The average Bonchev–Trinajstić information content (AvgIpc) is 2.78. The van der Waals surface area contributed by atoms with Gasteiger partial charge in [-0.15, -0.1) is 0 Å². The zero-order valence-electron chi connectivity index (χ0n) is 10.3. The van der Waals surface area contributed by atoms with Gasteiger partial charge < -0.3 is 10.6 Å². The van der Waals surface area contributed by atoms with Crippen molar-refractivity contribution < 1.29 is 4.79 Å². The molecule has 0 aliphatic heterocycles. The fraction of sp³-hybridized carbons (Fsp3) is 0.357. The summed E-state index contributed by atoms with van der Waals surface area (Å²) >= 11 is 3.40. The standard InChI is InChI=1S/C14H17BrN2O/c1-17(9-10-2-5-12(15)6-3-10)14(18)11-4-7-13(16)8-11/h2-7,11,13H,8-9,16H2,1H3. The normalized spacial score (nSPS) is 22.2. The predicted octanol–water partition coefficient (Wildman–Crippen LogP) is 2.31. The molecule has 2 unspecified atom stereocenters. The van der Waals surface area contributed by atoms with Crippen LogP contribution in [0.15, 0.2) is 40.9 Å². The maximum atomic E-state index is 12.2. The molecule has 1 aromatic carbocycles. The van der Waals surface area contributed by atoms with E-state index in [4.69, 9.17) is 5.73 Å². The van der Waals surface area contributed by atoms with Gasteiger partial charge in [-0.3, -0.25) is 4.79 Å². The molecule has 0 bridgehead atoms. The first-order valence-corrected chi connectivity index (χ1v) is 6.79. The van der Waals surface area contributed by atoms with Crippen molar-refractivity contribution in [2.24, 2.45) is 11.7 Å². The molecule has 1 amide bonds. The van der Waals surface area contributed by atoms with Crippen molar-refractivity contribution in [1.82, 2.24) is 4.90 Å². The molecule has 0 saturated carbocycles. The molecular weight excluding hydrogens is 292 g/mol. The number of benzene rings is 1. The Morgan fingerprint density at radius 1 is 1.39 bits per heavy atom. The average molecular weight is 309 g/mol. The highest BCUT2D eigenvalue weighted by molar-refractivity contribution is 9.10. The number of halogens is 1. The fourth-order valence-corrected chi connectivity index (χ4v) is 2.40. The van der Waals surface area contributed by atoms with Crippen LogP contribution in [0, 0.1) is 5.92 Å². The Bertz CT molecular complexity index is 455. The minimum Gasteiger partial charge on any atom is -0.341 e. The molecule has 1 aromatic rings. The van der Waals surface area contributed by atoms with Crippen LogP contribution < -0.4 is 5.73 Å². The van der Waals surface area contributed by atoms with Crippen molar-refractivity contribution in [3.63, 3.8) is 0 Å². The second-order valence-corrected chi connectivity index (χ2v) is 5.63. The lowest BCUT2D eigenvalue weighted by Gasteiger charge is -2.20. The quantitative estimate of drug-likeness (QED) is 0.871. The Kier molecular flexibility index (Phi) is 4.19. The van der Waals surface area contributed by atoms with E-state index in [2.05, 4.69) is 15.9 Å². The van der Waals surface area contributed by atoms with E-state index in [0.717, 1.165) is 16.5 Å². The maximum Gasteiger partial charge on any atom is 0.229 e. The second kappa shape index (κ2) is 5.67. The van der Waals surface area contributed by atoms with Gasteiger partial charge in [0.2, 0.25) is 5.91 Å². The van der Waals surface area contributed by atoms with Gasteiger partial charge >= 0.3 is 0 Å². The highest BCUT2D eigenvalue weighted by Gasteiger charge is 2.25. The summed E-state index contributed by atoms with van der Waals surface area (Å²) in [5.74, 6) is 0.0857. The van der Waals surface area contributed by atoms with E-state index in [1.165, 1.54) is 0 Å². The molecule has 18 heavy (non-hydrogen) atoms. The molecule has 0 aromatic heterocycles. The summed E-state index contributed by atoms with van der Waals surface area (Å²) in [4.78, 5) is 13.9. The van der Waals surface area contributed by atoms with E-state index >= 15 is 0 Å². The number of carbonyl (C=O) groups is 1. The number of amides is 1. The minimum atomic E-state index is -0.0551. The maximum absolute atomic E-state index is 12.2. The molecule has 0 saturated heterocycles. The predicted molar refractivity (Wildman–Crippen MR) is 75.8 cm³/mol. The van der Waals surface area contributed by atoms with Crippen LogP contribution in [0.3, 0.4) is 0 Å². The summed E-state index contributed by atoms with van der Waals surface area (Å²) in [5, 5.41) is 0. The largest absolute Gasteiger partial charge is 0.341 e. The van der Waals surface area contributed by atoms with Gasteiger partial charge in [0.25, 0.3) is 0 Å². The first-order chi connectivity index (χ1) is 8.56. The van der Waals surface area contributed by atoms with Gasteiger partial charge in [-0.2, -0.15) is 0 Å². The number of carbonyl (C=O) groups excluding carboxylic acids is 1. The van der Waals surface area contributed by atoms with Crippen molar-refractivity contribution in [3.05, 3.63) is 46.5 Å². The molecule has 0 heterocycles. The van der Waals surface area contributed by atoms with Gasteiger partial charge in [0, 0.05) is 24.1 Å². The Morgan fingerprint density at radius 3 is 2.61 bits per heavy atom. The zero-order chi connectivity index (χ0) is 13.1. The van der Waals surface area contributed by atoms with E-state index < -0.39 is 0 Å². The third-order valence-corrected chi connectivity index (χ3v) is 3.67. The Labute approximate surface area is 116 Å². The van der Waals surface area contributed by atoms with Gasteiger partial charge in [-0.05, 0) is 24.1 Å². The molecule has 4 heteroatoms. The van der Waals surface area contributed by atoms with Crippen LogP contribution in [0.4, 0.5) is 0 Å². The minimum absolute atomic E-state index is 0.0278. The third kappa shape index (κ3) is 3.21. The Balaban J connectivity index is 1.95. The summed E-state index contributed by atoms with van der Waals surface area (Å²) in [6.07, 6.45) is 4.56. The lowest BCUT2D eigenvalue weighted by atomic mass is 10.1. The molecule has 1 aliphatic rings. The topological polar surface area (TPSA) is 46.3 Å². The van der Waals surface area contributed by atoms with Gasteiger partial charge in [0.05, 0.1) is 5.92 Å². The van der Waals surface area contributed by atoms with Gasteiger partial charge in [-0.25, -0.2) is 0 Å². The summed E-state index contributed by atoms with van der Waals surface area (Å²) in [5.41, 5.74) is 6.89. The third-order valence-electron chi connectivity index (χ3n) is 3.14. The summed E-state index contributed by atoms with van der Waals surface area (Å²) in [6, 6.07) is 8.03. The molecule has 96 valence electrons. The van der Waals surface area contributed by atoms with Gasteiger partial charge in [0.1, 0.15) is 0 Å². The lowest BCUT2D eigenvalue weighted by molar-refractivity contribution is -0.133. The number of hydrogen-bond acceptors (Lipinski definition) is 2. The van der Waals surface area contributed by atoms with Crippen LogP contribution in [0.2, 0.25) is 0 Å². The number of hydrogen-bond donors (Lipinski definition) is 1.